The molecule has 0 saturated heterocycles. The predicted molar refractivity (Wildman–Crippen MR) is 73.0 cm³/mol. The predicted octanol–water partition coefficient (Wildman–Crippen LogP) is 2.14. The molecule has 0 unspecified atom stereocenters. The van der Waals surface area contributed by atoms with Crippen LogP contribution in [0.3, 0.4) is 0 Å². The van der Waals surface area contributed by atoms with Gasteiger partial charge in [0, 0.05) is 19.0 Å². The topological polar surface area (TPSA) is 55.1 Å². The Morgan fingerprint density at radius 3 is 2.75 bits per heavy atom. The average molecular weight is 282 g/mol. The third-order valence-electron chi connectivity index (χ3n) is 3.89. The summed E-state index contributed by atoms with van der Waals surface area (Å²) in [5, 5.41) is 2.80. The number of hydrogen-bond donors (Lipinski definition) is 2. The lowest BCUT2D eigenvalue weighted by atomic mass is 10.00. The van der Waals surface area contributed by atoms with E-state index in [4.69, 9.17) is 5.73 Å². The third kappa shape index (κ3) is 4.00. The molecule has 1 aromatic carbocycles. The summed E-state index contributed by atoms with van der Waals surface area (Å²) in [7, 11) is 0. The van der Waals surface area contributed by atoms with Crippen molar-refractivity contribution in [1.82, 2.24) is 5.32 Å². The fourth-order valence-corrected chi connectivity index (χ4v) is 2.67. The second-order valence-electron chi connectivity index (χ2n) is 5.41. The number of halogens is 2. The number of nitrogens with two attached hydrogens (primary N) is 1. The molecule has 0 aliphatic heterocycles. The SMILES string of the molecule is N[C@@H]1CCC[C@H]1CC(=O)NCCc1ccc(F)c(F)c1. The molecular weight excluding hydrogens is 262 g/mol. The van der Waals surface area contributed by atoms with Crippen molar-refractivity contribution in [1.29, 1.82) is 0 Å². The summed E-state index contributed by atoms with van der Waals surface area (Å²) < 4.78 is 25.8. The second-order valence-corrected chi connectivity index (χ2v) is 5.41. The lowest BCUT2D eigenvalue weighted by molar-refractivity contribution is -0.122. The van der Waals surface area contributed by atoms with Crippen molar-refractivity contribution in [3.63, 3.8) is 0 Å². The van der Waals surface area contributed by atoms with Crippen molar-refractivity contribution in [2.45, 2.75) is 38.1 Å². The van der Waals surface area contributed by atoms with Gasteiger partial charge in [-0.15, -0.1) is 0 Å². The fraction of sp³-hybridized carbons (Fsp3) is 0.533. The van der Waals surface area contributed by atoms with Crippen molar-refractivity contribution < 1.29 is 13.6 Å². The number of carbonyl (C=O) groups excluding carboxylic acids is 1. The van der Waals surface area contributed by atoms with Gasteiger partial charge in [0.15, 0.2) is 11.6 Å². The Kier molecular flexibility index (Phi) is 5.06. The van der Waals surface area contributed by atoms with Gasteiger partial charge in [-0.05, 0) is 42.9 Å². The van der Waals surface area contributed by atoms with Gasteiger partial charge in [0.25, 0.3) is 0 Å². The van der Waals surface area contributed by atoms with Gasteiger partial charge in [0.2, 0.25) is 5.91 Å². The first-order chi connectivity index (χ1) is 9.56. The summed E-state index contributed by atoms with van der Waals surface area (Å²) >= 11 is 0. The van der Waals surface area contributed by atoms with E-state index < -0.39 is 11.6 Å². The summed E-state index contributed by atoms with van der Waals surface area (Å²) in [6, 6.07) is 3.92. The maximum Gasteiger partial charge on any atom is 0.220 e. The summed E-state index contributed by atoms with van der Waals surface area (Å²) in [5.41, 5.74) is 6.59. The van der Waals surface area contributed by atoms with E-state index >= 15 is 0 Å². The van der Waals surface area contributed by atoms with Crippen molar-refractivity contribution in [2.24, 2.45) is 11.7 Å². The minimum absolute atomic E-state index is 0.0186. The molecule has 2 atom stereocenters. The monoisotopic (exact) mass is 282 g/mol. The van der Waals surface area contributed by atoms with Crippen LogP contribution >= 0.6 is 0 Å². The minimum Gasteiger partial charge on any atom is -0.356 e. The largest absolute Gasteiger partial charge is 0.356 e. The first-order valence-electron chi connectivity index (χ1n) is 7.02. The van der Waals surface area contributed by atoms with Crippen LogP contribution in [0.1, 0.15) is 31.2 Å². The molecule has 1 fully saturated rings. The minimum atomic E-state index is -0.856. The van der Waals surface area contributed by atoms with Crippen LogP contribution < -0.4 is 11.1 Å². The van der Waals surface area contributed by atoms with Crippen LogP contribution in [0, 0.1) is 17.6 Å². The lowest BCUT2D eigenvalue weighted by Gasteiger charge is -2.14. The van der Waals surface area contributed by atoms with Gasteiger partial charge in [0.1, 0.15) is 0 Å². The molecule has 1 aromatic rings. The Bertz CT molecular complexity index is 479. The van der Waals surface area contributed by atoms with Crippen LogP contribution in [0.2, 0.25) is 0 Å². The summed E-state index contributed by atoms with van der Waals surface area (Å²) in [5.74, 6) is -1.45. The van der Waals surface area contributed by atoms with Crippen molar-refractivity contribution in [3.05, 3.63) is 35.4 Å². The maximum atomic E-state index is 13.0. The quantitative estimate of drug-likeness (QED) is 0.869. The molecule has 0 bridgehead atoms. The highest BCUT2D eigenvalue weighted by Gasteiger charge is 2.25. The highest BCUT2D eigenvalue weighted by Crippen LogP contribution is 2.26. The van der Waals surface area contributed by atoms with E-state index in [0.29, 0.717) is 24.9 Å². The molecule has 5 heteroatoms. The van der Waals surface area contributed by atoms with E-state index in [-0.39, 0.29) is 17.9 Å². The standard InChI is InChI=1S/C15H20F2N2O/c16-12-5-4-10(8-13(12)17)6-7-19-15(20)9-11-2-1-3-14(11)18/h4-5,8,11,14H,1-3,6-7,9,18H2,(H,19,20)/t11-,14+/m0/s1. The van der Waals surface area contributed by atoms with Gasteiger partial charge in [-0.3, -0.25) is 4.79 Å². The first kappa shape index (κ1) is 14.9. The molecule has 0 aromatic heterocycles. The van der Waals surface area contributed by atoms with Gasteiger partial charge < -0.3 is 11.1 Å². The van der Waals surface area contributed by atoms with Gasteiger partial charge in [-0.2, -0.15) is 0 Å². The highest BCUT2D eigenvalue weighted by molar-refractivity contribution is 5.76. The zero-order valence-corrected chi connectivity index (χ0v) is 11.4. The summed E-state index contributed by atoms with van der Waals surface area (Å²) in [4.78, 5) is 11.8. The van der Waals surface area contributed by atoms with Crippen LogP contribution in [0.25, 0.3) is 0 Å². The number of rotatable bonds is 5. The summed E-state index contributed by atoms with van der Waals surface area (Å²) in [6.45, 7) is 0.422. The normalized spacial score (nSPS) is 21.9. The molecule has 110 valence electrons. The van der Waals surface area contributed by atoms with Crippen LogP contribution in [-0.4, -0.2) is 18.5 Å². The molecule has 1 saturated carbocycles. The molecule has 0 radical (unpaired) electrons. The molecule has 0 heterocycles. The van der Waals surface area contributed by atoms with Crippen LogP contribution in [0.4, 0.5) is 8.78 Å². The van der Waals surface area contributed by atoms with Crippen molar-refractivity contribution in [2.75, 3.05) is 6.54 Å². The Morgan fingerprint density at radius 1 is 1.30 bits per heavy atom. The summed E-state index contributed by atoms with van der Waals surface area (Å²) in [6.07, 6.45) is 4.04. The number of hydrogen-bond acceptors (Lipinski definition) is 2. The van der Waals surface area contributed by atoms with Crippen molar-refractivity contribution >= 4 is 5.91 Å². The van der Waals surface area contributed by atoms with E-state index in [1.807, 2.05) is 0 Å². The molecule has 20 heavy (non-hydrogen) atoms. The Hall–Kier alpha value is -1.49. The Morgan fingerprint density at radius 2 is 2.10 bits per heavy atom. The highest BCUT2D eigenvalue weighted by atomic mass is 19.2. The first-order valence-corrected chi connectivity index (χ1v) is 7.02. The second kappa shape index (κ2) is 6.79. The average Bonchev–Trinajstić information content (AvgIpc) is 2.79. The Balaban J connectivity index is 1.72. The van der Waals surface area contributed by atoms with E-state index in [0.717, 1.165) is 31.4 Å². The number of benzene rings is 1. The molecule has 1 amide bonds. The van der Waals surface area contributed by atoms with Crippen LogP contribution in [0.15, 0.2) is 18.2 Å². The van der Waals surface area contributed by atoms with Gasteiger partial charge in [-0.1, -0.05) is 12.5 Å². The Labute approximate surface area is 117 Å². The fourth-order valence-electron chi connectivity index (χ4n) is 2.67. The molecular formula is C15H20F2N2O. The number of carbonyl (C=O) groups is 1. The molecule has 1 aliphatic carbocycles. The molecule has 2 rings (SSSR count). The van der Waals surface area contributed by atoms with Crippen LogP contribution in [0.5, 0.6) is 0 Å². The number of nitrogens with one attached hydrogen (secondary N) is 1. The third-order valence-corrected chi connectivity index (χ3v) is 3.89. The van der Waals surface area contributed by atoms with Crippen molar-refractivity contribution in [3.8, 4) is 0 Å². The molecule has 3 N–H and O–H groups in total. The van der Waals surface area contributed by atoms with E-state index in [1.165, 1.54) is 6.07 Å². The van der Waals surface area contributed by atoms with Crippen LogP contribution in [-0.2, 0) is 11.2 Å². The zero-order chi connectivity index (χ0) is 14.5. The van der Waals surface area contributed by atoms with E-state index in [9.17, 15) is 13.6 Å². The van der Waals surface area contributed by atoms with Gasteiger partial charge in [-0.25, -0.2) is 8.78 Å². The zero-order valence-electron chi connectivity index (χ0n) is 11.4. The van der Waals surface area contributed by atoms with E-state index in [2.05, 4.69) is 5.32 Å². The number of amides is 1. The molecule has 3 nitrogen and oxygen atoms in total. The molecule has 0 spiro atoms. The van der Waals surface area contributed by atoms with Gasteiger partial charge >= 0.3 is 0 Å². The van der Waals surface area contributed by atoms with E-state index in [1.54, 1.807) is 0 Å². The maximum absolute atomic E-state index is 13.0. The lowest BCUT2D eigenvalue weighted by Crippen LogP contribution is -2.32. The van der Waals surface area contributed by atoms with Gasteiger partial charge in [0.05, 0.1) is 0 Å². The smallest absolute Gasteiger partial charge is 0.220 e. The molecule has 1 aliphatic rings.